The number of carbonyl (C=O) groups is 1. The van der Waals surface area contributed by atoms with Crippen LogP contribution in [0.2, 0.25) is 0 Å². The molecule has 0 amide bonds. The van der Waals surface area contributed by atoms with E-state index in [1.807, 2.05) is 54.6 Å². The van der Waals surface area contributed by atoms with E-state index >= 15 is 0 Å². The van der Waals surface area contributed by atoms with Crippen molar-refractivity contribution in [3.63, 3.8) is 0 Å². The van der Waals surface area contributed by atoms with Crippen LogP contribution in [0.25, 0.3) is 15.9 Å². The number of methoxy groups -OCH3 is 1. The van der Waals surface area contributed by atoms with Gasteiger partial charge in [0, 0.05) is 11.1 Å². The number of nitrogen functional groups attached to an aromatic ring is 1. The van der Waals surface area contributed by atoms with Crippen LogP contribution in [-0.2, 0) is 4.74 Å². The number of esters is 1. The molecule has 2 aromatic heterocycles. The summed E-state index contributed by atoms with van der Waals surface area (Å²) in [4.78, 5) is 17.8. The van der Waals surface area contributed by atoms with E-state index in [9.17, 15) is 10.1 Å². The summed E-state index contributed by atoms with van der Waals surface area (Å²) in [6, 6.07) is 17.5. The Hall–Kier alpha value is -3.28. The first kappa shape index (κ1) is 18.1. The Bertz CT molecular complexity index is 1200. The number of anilines is 1. The summed E-state index contributed by atoms with van der Waals surface area (Å²) in [5.74, 6) is -0.598. The summed E-state index contributed by atoms with van der Waals surface area (Å²) in [7, 11) is 1.28. The molecule has 0 atom stereocenters. The molecule has 0 aliphatic rings. The zero-order valence-corrected chi connectivity index (χ0v) is 16.4. The molecule has 0 bridgehead atoms. The van der Waals surface area contributed by atoms with Crippen LogP contribution in [0.15, 0.2) is 64.0 Å². The van der Waals surface area contributed by atoms with Crippen molar-refractivity contribution in [2.45, 2.75) is 9.24 Å². The summed E-state index contributed by atoms with van der Waals surface area (Å²) < 4.78 is 8.46. The lowest BCUT2D eigenvalue weighted by Gasteiger charge is -2.12. The first-order valence-corrected chi connectivity index (χ1v) is 9.87. The lowest BCUT2D eigenvalue weighted by Crippen LogP contribution is -2.11. The number of nitrogens with zero attached hydrogens (tertiary/aromatic N) is 3. The topological polar surface area (TPSA) is 93.9 Å². The molecule has 4 aromatic rings. The molecule has 2 aromatic carbocycles. The van der Waals surface area contributed by atoms with Gasteiger partial charge < -0.3 is 15.0 Å². The van der Waals surface area contributed by atoms with E-state index in [0.717, 1.165) is 25.1 Å². The Morgan fingerprint density at radius 3 is 2.75 bits per heavy atom. The molecular formula is C20H14N4O2S2. The second-order valence-electron chi connectivity index (χ2n) is 5.80. The summed E-state index contributed by atoms with van der Waals surface area (Å²) in [6.07, 6.45) is 1.55. The van der Waals surface area contributed by atoms with Crippen molar-refractivity contribution >= 4 is 45.0 Å². The fraction of sp³-hybridized carbons (Fsp3) is 0.0500. The van der Waals surface area contributed by atoms with E-state index in [1.165, 1.54) is 18.9 Å². The average Bonchev–Trinajstić information content (AvgIpc) is 3.27. The third-order valence-corrected chi connectivity index (χ3v) is 6.30. The molecule has 2 heterocycles. The molecule has 6 nitrogen and oxygen atoms in total. The van der Waals surface area contributed by atoms with Crippen LogP contribution >= 0.6 is 23.1 Å². The number of para-hydroxylation sites is 2. The van der Waals surface area contributed by atoms with Gasteiger partial charge in [0.15, 0.2) is 10.0 Å². The van der Waals surface area contributed by atoms with Gasteiger partial charge in [-0.25, -0.2) is 9.78 Å². The summed E-state index contributed by atoms with van der Waals surface area (Å²) in [6.45, 7) is 0. The Labute approximate surface area is 169 Å². The highest BCUT2D eigenvalue weighted by Crippen LogP contribution is 2.38. The van der Waals surface area contributed by atoms with Crippen molar-refractivity contribution in [1.29, 1.82) is 5.26 Å². The molecule has 0 saturated heterocycles. The van der Waals surface area contributed by atoms with Gasteiger partial charge in [-0.1, -0.05) is 36.0 Å². The number of thiazole rings is 1. The van der Waals surface area contributed by atoms with Crippen LogP contribution < -0.4 is 5.73 Å². The highest BCUT2D eigenvalue weighted by atomic mass is 32.2. The van der Waals surface area contributed by atoms with E-state index in [1.54, 1.807) is 22.1 Å². The number of fused-ring (bicyclic) bond motifs is 1. The first-order valence-electron chi connectivity index (χ1n) is 8.24. The SMILES string of the molecule is COC(=O)c1c(N)c(C#N)cn1-c1ccccc1Sc1nc2ccccc2s1. The standard InChI is InChI=1S/C20H14N4O2S2/c1-26-19(25)18-17(22)12(10-21)11-24(18)14-7-3-5-9-16(14)28-20-23-13-6-2-4-8-15(13)27-20/h2-9,11H,22H2,1H3. The van der Waals surface area contributed by atoms with Crippen molar-refractivity contribution in [2.75, 3.05) is 12.8 Å². The van der Waals surface area contributed by atoms with Crippen molar-refractivity contribution in [1.82, 2.24) is 9.55 Å². The van der Waals surface area contributed by atoms with Crippen molar-refractivity contribution in [3.8, 4) is 11.8 Å². The predicted molar refractivity (Wildman–Crippen MR) is 110 cm³/mol. The quantitative estimate of drug-likeness (QED) is 0.502. The lowest BCUT2D eigenvalue weighted by molar-refractivity contribution is 0.0593. The normalized spacial score (nSPS) is 10.7. The number of hydrogen-bond donors (Lipinski definition) is 1. The highest BCUT2D eigenvalue weighted by molar-refractivity contribution is 8.01. The zero-order valence-electron chi connectivity index (χ0n) is 14.7. The minimum atomic E-state index is -0.598. The molecule has 0 radical (unpaired) electrons. The molecule has 0 spiro atoms. The molecule has 138 valence electrons. The summed E-state index contributed by atoms with van der Waals surface area (Å²) in [5.41, 5.74) is 8.15. The van der Waals surface area contributed by atoms with Crippen LogP contribution in [0, 0.1) is 11.3 Å². The molecule has 4 rings (SSSR count). The van der Waals surface area contributed by atoms with E-state index < -0.39 is 5.97 Å². The van der Waals surface area contributed by atoms with Crippen LogP contribution in [0.5, 0.6) is 0 Å². The number of nitrogens with two attached hydrogens (primary N) is 1. The van der Waals surface area contributed by atoms with Gasteiger partial charge in [0.1, 0.15) is 6.07 Å². The molecule has 0 unspecified atom stereocenters. The van der Waals surface area contributed by atoms with Gasteiger partial charge in [-0.15, -0.1) is 11.3 Å². The number of rotatable bonds is 4. The van der Waals surface area contributed by atoms with Crippen LogP contribution in [0.3, 0.4) is 0 Å². The maximum absolute atomic E-state index is 12.3. The number of ether oxygens (including phenoxy) is 1. The van der Waals surface area contributed by atoms with E-state index in [2.05, 4.69) is 4.98 Å². The fourth-order valence-electron chi connectivity index (χ4n) is 2.84. The fourth-order valence-corrected chi connectivity index (χ4v) is 4.99. The van der Waals surface area contributed by atoms with E-state index in [0.29, 0.717) is 0 Å². The van der Waals surface area contributed by atoms with Gasteiger partial charge >= 0.3 is 5.97 Å². The summed E-state index contributed by atoms with van der Waals surface area (Å²) >= 11 is 3.09. The largest absolute Gasteiger partial charge is 0.464 e. The summed E-state index contributed by atoms with van der Waals surface area (Å²) in [5, 5.41) is 9.33. The number of benzene rings is 2. The van der Waals surface area contributed by atoms with E-state index in [4.69, 9.17) is 10.5 Å². The van der Waals surface area contributed by atoms with Crippen LogP contribution in [0.1, 0.15) is 16.1 Å². The van der Waals surface area contributed by atoms with Gasteiger partial charge in [-0.05, 0) is 24.3 Å². The number of nitriles is 1. The van der Waals surface area contributed by atoms with Crippen LogP contribution in [0.4, 0.5) is 5.69 Å². The molecule has 2 N–H and O–H groups in total. The van der Waals surface area contributed by atoms with Crippen molar-refractivity contribution in [3.05, 3.63) is 66.0 Å². The Balaban J connectivity index is 1.82. The van der Waals surface area contributed by atoms with Crippen molar-refractivity contribution in [2.24, 2.45) is 0 Å². The molecule has 0 fully saturated rings. The van der Waals surface area contributed by atoms with Crippen LogP contribution in [-0.4, -0.2) is 22.6 Å². The molecular weight excluding hydrogens is 392 g/mol. The Kier molecular flexibility index (Phi) is 4.77. The molecule has 0 aliphatic heterocycles. The van der Waals surface area contributed by atoms with Gasteiger partial charge in [0.05, 0.1) is 34.3 Å². The monoisotopic (exact) mass is 406 g/mol. The number of carbonyl (C=O) groups excluding carboxylic acids is 1. The first-order chi connectivity index (χ1) is 13.6. The number of aromatic nitrogens is 2. The van der Waals surface area contributed by atoms with Gasteiger partial charge in [0.2, 0.25) is 0 Å². The van der Waals surface area contributed by atoms with Gasteiger partial charge in [-0.2, -0.15) is 5.26 Å². The molecule has 0 aliphatic carbocycles. The number of hydrogen-bond acceptors (Lipinski definition) is 7. The molecule has 28 heavy (non-hydrogen) atoms. The highest BCUT2D eigenvalue weighted by Gasteiger charge is 2.23. The predicted octanol–water partition coefficient (Wildman–Crippen LogP) is 4.48. The maximum Gasteiger partial charge on any atom is 0.357 e. The maximum atomic E-state index is 12.3. The minimum absolute atomic E-state index is 0.106. The third-order valence-electron chi connectivity index (χ3n) is 4.14. The second kappa shape index (κ2) is 7.38. The second-order valence-corrected chi connectivity index (χ2v) is 8.12. The molecule has 8 heteroatoms. The lowest BCUT2D eigenvalue weighted by atomic mass is 10.2. The van der Waals surface area contributed by atoms with Gasteiger partial charge in [0.25, 0.3) is 0 Å². The van der Waals surface area contributed by atoms with Crippen molar-refractivity contribution < 1.29 is 9.53 Å². The Morgan fingerprint density at radius 1 is 1.25 bits per heavy atom. The molecule has 0 saturated carbocycles. The minimum Gasteiger partial charge on any atom is -0.464 e. The Morgan fingerprint density at radius 2 is 2.00 bits per heavy atom. The smallest absolute Gasteiger partial charge is 0.357 e. The zero-order chi connectivity index (χ0) is 19.7. The average molecular weight is 406 g/mol. The van der Waals surface area contributed by atoms with E-state index in [-0.39, 0.29) is 16.9 Å². The third kappa shape index (κ3) is 3.11. The van der Waals surface area contributed by atoms with Gasteiger partial charge in [-0.3, -0.25) is 0 Å².